The Labute approximate surface area is 828 Å². The number of hydrogen-bond donors (Lipinski definition) is 5. The van der Waals surface area contributed by atoms with Crippen molar-refractivity contribution in [1.82, 2.24) is 26.6 Å². The highest BCUT2D eigenvalue weighted by Crippen LogP contribution is 2.51. The van der Waals surface area contributed by atoms with Gasteiger partial charge in [0.05, 0.1) is 255 Å². The molecule has 5 N–H and O–H groups in total. The van der Waals surface area contributed by atoms with Crippen molar-refractivity contribution in [3.63, 3.8) is 0 Å². The number of ether oxygens (including phenoxy) is 16. The number of rotatable bonds is 95. The third kappa shape index (κ3) is 75.9. The van der Waals surface area contributed by atoms with Crippen LogP contribution in [0.3, 0.4) is 0 Å². The Kier molecular flexibility index (Phi) is 76.2. The van der Waals surface area contributed by atoms with Gasteiger partial charge in [0.25, 0.3) is 0 Å². The molecule has 0 radical (unpaired) electrons. The van der Waals surface area contributed by atoms with Crippen molar-refractivity contribution in [2.24, 2.45) is 0 Å². The minimum atomic E-state index is -4.01. The third-order valence-corrected chi connectivity index (χ3v) is 23.0. The number of nitrogens with zero attached hydrogens (tertiary/aromatic N) is 3. The zero-order valence-electron chi connectivity index (χ0n) is 82.0. The topological polar surface area (TPSA) is 550 Å². The number of benzene rings is 3. The van der Waals surface area contributed by atoms with Crippen LogP contribution in [0.15, 0.2) is 91.0 Å². The lowest BCUT2D eigenvalue weighted by molar-refractivity contribution is -0.146. The smallest absolute Gasteiger partial charge is 0.461 e. The van der Waals surface area contributed by atoms with E-state index in [1.54, 1.807) is 20.8 Å². The number of alkyl carbamates (subject to hydrolysis) is 1. The average molecular weight is 2060 g/mol. The van der Waals surface area contributed by atoms with Gasteiger partial charge < -0.3 is 102 Å². The van der Waals surface area contributed by atoms with Crippen LogP contribution in [0.2, 0.25) is 0 Å². The summed E-state index contributed by atoms with van der Waals surface area (Å²) in [5.74, 6) is -2.62. The molecule has 796 valence electrons. The summed E-state index contributed by atoms with van der Waals surface area (Å²) in [6.07, 6.45) is 4.40. The number of amides is 5. The SMILES string of the molecule is CC(C)(C)OC(=O)NCCCC(=O)NC(COCCC(=O)NCCOCCOCCOCCOP(=O)(OCCC#N)OCCCCCC(=O)OCc1ccccc1)(COCCC(=O)NCCOCCOCCOCCOP(=O)(OCCC#N)OCCCCCC(=O)OCc1ccccc1)COCCC(=O)NCCOCCOCCOCCOP(=O)(OCCC#N)OCCCCCC(=O)OCc1ccccc1. The second-order valence-corrected chi connectivity index (χ2v) is 36.8. The predicted molar refractivity (Wildman–Crippen MR) is 508 cm³/mol. The molecule has 0 aromatic heterocycles. The Morgan fingerprint density at radius 1 is 0.277 bits per heavy atom. The summed E-state index contributed by atoms with van der Waals surface area (Å²) in [5.41, 5.74) is 0.422. The summed E-state index contributed by atoms with van der Waals surface area (Å²) < 4.78 is 178. The summed E-state index contributed by atoms with van der Waals surface area (Å²) in [7, 11) is -12.0. The van der Waals surface area contributed by atoms with E-state index in [0.29, 0.717) is 57.8 Å². The van der Waals surface area contributed by atoms with Gasteiger partial charge in [-0.3, -0.25) is 74.3 Å². The monoisotopic (exact) mass is 2060 g/mol. The molecule has 3 atom stereocenters. The lowest BCUT2D eigenvalue weighted by Gasteiger charge is -2.34. The van der Waals surface area contributed by atoms with E-state index in [1.807, 2.05) is 109 Å². The van der Waals surface area contributed by atoms with Crippen molar-refractivity contribution in [2.45, 2.75) is 180 Å². The summed E-state index contributed by atoms with van der Waals surface area (Å²) >= 11 is 0. The van der Waals surface area contributed by atoms with E-state index in [0.717, 1.165) is 16.7 Å². The van der Waals surface area contributed by atoms with Crippen molar-refractivity contribution < 1.29 is 169 Å². The molecule has 3 aromatic carbocycles. The molecule has 5 amide bonds. The first-order valence-corrected chi connectivity index (χ1v) is 52.1. The Morgan fingerprint density at radius 2 is 0.546 bits per heavy atom. The van der Waals surface area contributed by atoms with Crippen molar-refractivity contribution in [3.05, 3.63) is 108 Å². The van der Waals surface area contributed by atoms with Gasteiger partial charge in [-0.15, -0.1) is 0 Å². The van der Waals surface area contributed by atoms with Crippen LogP contribution in [-0.4, -0.2) is 303 Å². The molecule has 141 heavy (non-hydrogen) atoms. The largest absolute Gasteiger partial charge is 0.474 e. The predicted octanol–water partition coefficient (Wildman–Crippen LogP) is 11.0. The number of unbranched alkanes of at least 4 members (excludes halogenated alkanes) is 6. The van der Waals surface area contributed by atoms with E-state index in [4.69, 9.17) is 132 Å². The molecule has 0 saturated carbocycles. The zero-order chi connectivity index (χ0) is 102. The van der Waals surface area contributed by atoms with Crippen LogP contribution in [0, 0.1) is 34.0 Å². The minimum absolute atomic E-state index is 0.0273. The summed E-state index contributed by atoms with van der Waals surface area (Å²) in [6, 6.07) is 33.8. The molecule has 0 aliphatic carbocycles. The number of carbonyl (C=O) groups excluding carboxylic acids is 8. The van der Waals surface area contributed by atoms with Gasteiger partial charge in [-0.25, -0.2) is 18.5 Å². The fraction of sp³-hybridized carbons (Fsp3) is 0.691. The van der Waals surface area contributed by atoms with E-state index in [-0.39, 0.29) is 370 Å². The number of carbonyl (C=O) groups is 8. The number of esters is 3. The molecule has 0 heterocycles. The van der Waals surface area contributed by atoms with Gasteiger partial charge in [0.15, 0.2) is 0 Å². The van der Waals surface area contributed by atoms with E-state index in [2.05, 4.69) is 26.6 Å². The molecular weight excluding hydrogens is 1910 g/mol. The van der Waals surface area contributed by atoms with Gasteiger partial charge in [-0.05, 0) is 82.4 Å². The molecule has 0 aliphatic rings. The average Bonchev–Trinajstić information content (AvgIpc) is 0.849. The van der Waals surface area contributed by atoms with Gasteiger partial charge in [-0.1, -0.05) is 110 Å². The highest BCUT2D eigenvalue weighted by molar-refractivity contribution is 7.49. The summed E-state index contributed by atoms with van der Waals surface area (Å²) in [4.78, 5) is 102. The van der Waals surface area contributed by atoms with Crippen LogP contribution >= 0.6 is 23.5 Å². The molecular formula is C94H149N8O36P3. The molecule has 44 nitrogen and oxygen atoms in total. The Morgan fingerprint density at radius 3 is 0.830 bits per heavy atom. The molecule has 3 aromatic rings. The van der Waals surface area contributed by atoms with E-state index >= 15 is 0 Å². The first-order valence-electron chi connectivity index (χ1n) is 47.7. The lowest BCUT2D eigenvalue weighted by atomic mass is 10.0. The Bertz CT molecular complexity index is 3700. The van der Waals surface area contributed by atoms with Crippen LogP contribution in [0.5, 0.6) is 0 Å². The number of hydrogen-bond acceptors (Lipinski definition) is 39. The first-order chi connectivity index (χ1) is 68.4. The third-order valence-electron chi connectivity index (χ3n) is 18.5. The quantitative estimate of drug-likeness (QED) is 0.0152. The van der Waals surface area contributed by atoms with Crippen LogP contribution in [-0.2, 0) is 184 Å². The molecule has 0 aliphatic heterocycles. The first kappa shape index (κ1) is 127. The van der Waals surface area contributed by atoms with Gasteiger partial charge >= 0.3 is 47.5 Å². The lowest BCUT2D eigenvalue weighted by Crippen LogP contribution is -2.58. The number of phosphoric acid groups is 3. The Hall–Kier alpha value is -8.46. The van der Waals surface area contributed by atoms with Crippen molar-refractivity contribution in [3.8, 4) is 18.2 Å². The van der Waals surface area contributed by atoms with Crippen LogP contribution in [0.25, 0.3) is 0 Å². The van der Waals surface area contributed by atoms with Crippen molar-refractivity contribution in [2.75, 3.05) is 244 Å². The second-order valence-electron chi connectivity index (χ2n) is 31.8. The van der Waals surface area contributed by atoms with E-state index < -0.39 is 46.6 Å². The maximum atomic E-state index is 13.9. The molecule has 3 rings (SSSR count). The fourth-order valence-corrected chi connectivity index (χ4v) is 15.1. The fourth-order valence-electron chi connectivity index (χ4n) is 11.5. The van der Waals surface area contributed by atoms with Gasteiger partial charge in [0.1, 0.15) is 31.0 Å². The summed E-state index contributed by atoms with van der Waals surface area (Å²) in [5, 5.41) is 40.8. The second kappa shape index (κ2) is 84.8. The van der Waals surface area contributed by atoms with Crippen LogP contribution < -0.4 is 26.6 Å². The number of phosphoric ester groups is 3. The molecule has 3 unspecified atom stereocenters. The van der Waals surface area contributed by atoms with E-state index in [1.165, 1.54) is 0 Å². The molecule has 0 spiro atoms. The summed E-state index contributed by atoms with van der Waals surface area (Å²) in [6.45, 7) is 6.88. The van der Waals surface area contributed by atoms with Gasteiger partial charge in [0, 0.05) is 71.1 Å². The van der Waals surface area contributed by atoms with Gasteiger partial charge in [-0.2, -0.15) is 15.8 Å². The highest BCUT2D eigenvalue weighted by atomic mass is 31.2. The molecule has 0 fully saturated rings. The number of nitriles is 3. The van der Waals surface area contributed by atoms with E-state index in [9.17, 15) is 52.1 Å². The maximum Gasteiger partial charge on any atom is 0.474 e. The standard InChI is InChI=1S/C94H149N8O36P3/c1-93(2,3)138-92(110)101-42-22-32-88(106)102-94(79-123-52-36-85(103)98-43-55-114-58-61-117-64-67-120-70-73-135-139(111,132-49-23-39-95)129-46-19-7-16-33-89(107)126-76-82-26-10-4-11-27-82,80-124-53-37-86(104)99-44-56-115-59-62-118-65-68-121-71-74-136-140(112,133-50-24-40-96)130-47-20-8-17-34-90(108)127-77-83-28-12-5-13-29-83)81-125-54-38-87(105)100-45-57-116-60-63-119-66-69-122-72-75-137-141(113,134-51-25-41-97)131-48-21-9-18-35-91(109)128-78-84-30-14-6-15-31-84/h4-6,10-15,26-31H,7-9,16-25,32-38,42-81H2,1-3H3,(H,98,103)(H,99,104)(H,100,105)(H,101,110)(H,102,106). The highest BCUT2D eigenvalue weighted by Gasteiger charge is 2.35. The molecule has 47 heteroatoms. The Balaban J connectivity index is 1.46. The van der Waals surface area contributed by atoms with Crippen LogP contribution in [0.4, 0.5) is 4.79 Å². The minimum Gasteiger partial charge on any atom is -0.461 e. The zero-order valence-corrected chi connectivity index (χ0v) is 84.7. The number of nitrogens with one attached hydrogen (secondary N) is 5. The van der Waals surface area contributed by atoms with Crippen LogP contribution in [0.1, 0.15) is 166 Å². The molecule has 0 bridgehead atoms. The molecule has 0 saturated heterocycles. The van der Waals surface area contributed by atoms with Crippen molar-refractivity contribution >= 4 is 71.1 Å². The normalized spacial score (nSPS) is 13.0. The van der Waals surface area contributed by atoms with Gasteiger partial charge in [0.2, 0.25) is 23.6 Å². The van der Waals surface area contributed by atoms with Crippen molar-refractivity contribution in [1.29, 1.82) is 15.8 Å². The maximum absolute atomic E-state index is 13.9.